The van der Waals surface area contributed by atoms with Gasteiger partial charge < -0.3 is 15.7 Å². The maximum absolute atomic E-state index is 8.53. The smallest absolute Gasteiger partial charge is 0.143 e. The van der Waals surface area contributed by atoms with E-state index in [1.807, 2.05) is 24.3 Å². The van der Waals surface area contributed by atoms with Crippen molar-refractivity contribution >= 4 is 5.84 Å². The lowest BCUT2D eigenvalue weighted by molar-refractivity contribution is 0.135. The molecular formula is C15H22N2O2. The number of hydrogen-bond acceptors (Lipinski definition) is 3. The van der Waals surface area contributed by atoms with Gasteiger partial charge in [-0.15, -0.1) is 0 Å². The monoisotopic (exact) mass is 262 g/mol. The molecule has 0 atom stereocenters. The molecule has 0 aliphatic heterocycles. The molecule has 104 valence electrons. The minimum Gasteiger partial charge on any atom is -0.490 e. The first-order valence-corrected chi connectivity index (χ1v) is 6.89. The van der Waals surface area contributed by atoms with E-state index in [-0.39, 0.29) is 5.84 Å². The van der Waals surface area contributed by atoms with Crippen molar-refractivity contribution in [3.63, 3.8) is 0 Å². The summed E-state index contributed by atoms with van der Waals surface area (Å²) in [6, 6.07) is 7.83. The van der Waals surface area contributed by atoms with Crippen LogP contribution >= 0.6 is 0 Å². The Morgan fingerprint density at radius 3 is 2.47 bits per heavy atom. The molecule has 4 heteroatoms. The molecule has 1 aliphatic rings. The molecule has 0 amide bonds. The summed E-state index contributed by atoms with van der Waals surface area (Å²) in [7, 11) is 0. The molecule has 4 nitrogen and oxygen atoms in total. The van der Waals surface area contributed by atoms with Gasteiger partial charge in [-0.05, 0) is 49.3 Å². The summed E-state index contributed by atoms with van der Waals surface area (Å²) >= 11 is 0. The molecule has 1 saturated carbocycles. The Kier molecular flexibility index (Phi) is 4.66. The van der Waals surface area contributed by atoms with E-state index in [2.05, 4.69) is 12.1 Å². The van der Waals surface area contributed by atoms with Crippen molar-refractivity contribution in [2.75, 3.05) is 0 Å². The number of nitrogens with zero attached hydrogens (tertiary/aromatic N) is 1. The van der Waals surface area contributed by atoms with Crippen LogP contribution in [-0.4, -0.2) is 17.1 Å². The van der Waals surface area contributed by atoms with Crippen molar-refractivity contribution in [3.8, 4) is 5.75 Å². The predicted molar refractivity (Wildman–Crippen MR) is 75.6 cm³/mol. The first kappa shape index (κ1) is 13.7. The zero-order valence-electron chi connectivity index (χ0n) is 11.4. The normalized spacial score (nSPS) is 24.2. The number of oxime groups is 1. The van der Waals surface area contributed by atoms with Gasteiger partial charge >= 0.3 is 0 Å². The topological polar surface area (TPSA) is 67.8 Å². The maximum atomic E-state index is 8.53. The van der Waals surface area contributed by atoms with Crippen LogP contribution in [0.1, 0.15) is 38.2 Å². The van der Waals surface area contributed by atoms with Crippen molar-refractivity contribution < 1.29 is 9.94 Å². The molecule has 0 heterocycles. The average molecular weight is 262 g/mol. The Hall–Kier alpha value is -1.71. The summed E-state index contributed by atoms with van der Waals surface area (Å²) in [5.41, 5.74) is 6.49. The van der Waals surface area contributed by atoms with Crippen LogP contribution in [0, 0.1) is 5.92 Å². The Balaban J connectivity index is 1.88. The van der Waals surface area contributed by atoms with Gasteiger partial charge in [-0.3, -0.25) is 0 Å². The second-order valence-corrected chi connectivity index (χ2v) is 5.41. The van der Waals surface area contributed by atoms with E-state index in [0.29, 0.717) is 12.5 Å². The summed E-state index contributed by atoms with van der Waals surface area (Å²) in [6.07, 6.45) is 5.61. The molecular weight excluding hydrogens is 240 g/mol. The quantitative estimate of drug-likeness (QED) is 0.379. The molecule has 0 unspecified atom stereocenters. The molecule has 1 aliphatic carbocycles. The minimum atomic E-state index is 0.218. The second-order valence-electron chi connectivity index (χ2n) is 5.41. The second kappa shape index (κ2) is 6.45. The molecule has 0 bridgehead atoms. The van der Waals surface area contributed by atoms with Crippen molar-refractivity contribution in [2.45, 2.75) is 45.1 Å². The molecule has 19 heavy (non-hydrogen) atoms. The van der Waals surface area contributed by atoms with Gasteiger partial charge in [0.1, 0.15) is 11.6 Å². The standard InChI is InChI=1S/C15H22N2O2/c1-11-2-6-13(7-3-11)19-14-8-4-12(5-9-14)10-15(16)17-18/h4-5,8-9,11,13,18H,2-3,6-7,10H2,1H3,(H2,16,17). The highest BCUT2D eigenvalue weighted by Gasteiger charge is 2.19. The van der Waals surface area contributed by atoms with Gasteiger partial charge in [0, 0.05) is 6.42 Å². The Morgan fingerprint density at radius 2 is 1.89 bits per heavy atom. The predicted octanol–water partition coefficient (Wildman–Crippen LogP) is 2.93. The lowest BCUT2D eigenvalue weighted by Gasteiger charge is -2.26. The van der Waals surface area contributed by atoms with E-state index < -0.39 is 0 Å². The lowest BCUT2D eigenvalue weighted by atomic mass is 9.89. The van der Waals surface area contributed by atoms with Gasteiger partial charge in [-0.25, -0.2) is 0 Å². The molecule has 1 fully saturated rings. The van der Waals surface area contributed by atoms with Crippen LogP contribution in [0.2, 0.25) is 0 Å². The maximum Gasteiger partial charge on any atom is 0.143 e. The Labute approximate surface area is 114 Å². The third kappa shape index (κ3) is 4.16. The van der Waals surface area contributed by atoms with Crippen LogP contribution in [0.3, 0.4) is 0 Å². The van der Waals surface area contributed by atoms with Crippen molar-refractivity contribution in [1.29, 1.82) is 0 Å². The summed E-state index contributed by atoms with van der Waals surface area (Å²) in [6.45, 7) is 2.30. The van der Waals surface area contributed by atoms with E-state index in [4.69, 9.17) is 15.7 Å². The first-order valence-electron chi connectivity index (χ1n) is 6.89. The lowest BCUT2D eigenvalue weighted by Crippen LogP contribution is -2.23. The van der Waals surface area contributed by atoms with Crippen LogP contribution in [-0.2, 0) is 6.42 Å². The summed E-state index contributed by atoms with van der Waals surface area (Å²) in [5, 5.41) is 11.5. The average Bonchev–Trinajstić information content (AvgIpc) is 2.43. The van der Waals surface area contributed by atoms with E-state index >= 15 is 0 Å². The number of nitrogens with two attached hydrogens (primary N) is 1. The van der Waals surface area contributed by atoms with Crippen LogP contribution in [0.4, 0.5) is 0 Å². The van der Waals surface area contributed by atoms with Gasteiger partial charge in [0.2, 0.25) is 0 Å². The van der Waals surface area contributed by atoms with Crippen LogP contribution < -0.4 is 10.5 Å². The SMILES string of the molecule is CC1CCC(Oc2ccc(CC(N)=NO)cc2)CC1. The molecule has 0 radical (unpaired) electrons. The third-order valence-corrected chi connectivity index (χ3v) is 3.70. The van der Waals surface area contributed by atoms with Gasteiger partial charge in [-0.1, -0.05) is 24.2 Å². The van der Waals surface area contributed by atoms with Gasteiger partial charge in [0.25, 0.3) is 0 Å². The van der Waals surface area contributed by atoms with Gasteiger partial charge in [0.05, 0.1) is 6.10 Å². The van der Waals surface area contributed by atoms with Gasteiger partial charge in [0.15, 0.2) is 0 Å². The van der Waals surface area contributed by atoms with E-state index in [1.54, 1.807) is 0 Å². The summed E-state index contributed by atoms with van der Waals surface area (Å²) in [5.74, 6) is 1.96. The molecule has 2 rings (SSSR count). The molecule has 1 aromatic carbocycles. The molecule has 1 aromatic rings. The van der Waals surface area contributed by atoms with E-state index in [9.17, 15) is 0 Å². The van der Waals surface area contributed by atoms with E-state index in [1.165, 1.54) is 12.8 Å². The number of rotatable bonds is 4. The number of hydrogen-bond donors (Lipinski definition) is 2. The number of ether oxygens (including phenoxy) is 1. The third-order valence-electron chi connectivity index (χ3n) is 3.70. The summed E-state index contributed by atoms with van der Waals surface area (Å²) < 4.78 is 5.98. The highest BCUT2D eigenvalue weighted by Crippen LogP contribution is 2.27. The zero-order chi connectivity index (χ0) is 13.7. The molecule has 3 N–H and O–H groups in total. The summed E-state index contributed by atoms with van der Waals surface area (Å²) in [4.78, 5) is 0. The molecule has 0 saturated heterocycles. The van der Waals surface area contributed by atoms with Gasteiger partial charge in [-0.2, -0.15) is 0 Å². The van der Waals surface area contributed by atoms with E-state index in [0.717, 1.165) is 30.1 Å². The minimum absolute atomic E-state index is 0.218. The number of amidine groups is 1. The zero-order valence-corrected chi connectivity index (χ0v) is 11.4. The van der Waals surface area contributed by atoms with Crippen LogP contribution in [0.25, 0.3) is 0 Å². The van der Waals surface area contributed by atoms with Crippen LogP contribution in [0.15, 0.2) is 29.4 Å². The highest BCUT2D eigenvalue weighted by molar-refractivity contribution is 5.82. The van der Waals surface area contributed by atoms with Crippen molar-refractivity contribution in [1.82, 2.24) is 0 Å². The first-order chi connectivity index (χ1) is 9.17. The highest BCUT2D eigenvalue weighted by atomic mass is 16.5. The number of benzene rings is 1. The fourth-order valence-electron chi connectivity index (χ4n) is 2.47. The molecule has 0 aromatic heterocycles. The Morgan fingerprint density at radius 1 is 1.26 bits per heavy atom. The fourth-order valence-corrected chi connectivity index (χ4v) is 2.47. The molecule has 0 spiro atoms. The van der Waals surface area contributed by atoms with Crippen LogP contribution in [0.5, 0.6) is 5.75 Å². The largest absolute Gasteiger partial charge is 0.490 e. The fraction of sp³-hybridized carbons (Fsp3) is 0.533. The van der Waals surface area contributed by atoms with Crippen molar-refractivity contribution in [3.05, 3.63) is 29.8 Å². The van der Waals surface area contributed by atoms with Crippen molar-refractivity contribution in [2.24, 2.45) is 16.8 Å². The Bertz CT molecular complexity index is 420.